The van der Waals surface area contributed by atoms with Gasteiger partial charge < -0.3 is 15.3 Å². The van der Waals surface area contributed by atoms with E-state index in [-0.39, 0.29) is 5.82 Å². The van der Waals surface area contributed by atoms with Crippen LogP contribution < -0.4 is 5.32 Å². The number of nitrogens with zero attached hydrogens (tertiary/aromatic N) is 1. The average molecular weight is 268 g/mol. The summed E-state index contributed by atoms with van der Waals surface area (Å²) in [7, 11) is 3.86. The van der Waals surface area contributed by atoms with Gasteiger partial charge in [0.05, 0.1) is 0 Å². The summed E-state index contributed by atoms with van der Waals surface area (Å²) < 4.78 is 12.8. The van der Waals surface area contributed by atoms with Crippen LogP contribution in [0.4, 0.5) is 4.39 Å². The van der Waals surface area contributed by atoms with Crippen LogP contribution in [-0.4, -0.2) is 48.7 Å². The Kier molecular flexibility index (Phi) is 5.44. The third kappa shape index (κ3) is 4.96. The second kappa shape index (κ2) is 6.63. The first-order valence-electron chi connectivity index (χ1n) is 6.21. The van der Waals surface area contributed by atoms with Crippen molar-refractivity contribution < 1.29 is 14.3 Å². The number of carboxylic acids is 1. The van der Waals surface area contributed by atoms with Gasteiger partial charge in [-0.05, 0) is 38.7 Å². The van der Waals surface area contributed by atoms with Crippen LogP contribution >= 0.6 is 0 Å². The van der Waals surface area contributed by atoms with Crippen molar-refractivity contribution in [3.8, 4) is 0 Å². The maximum Gasteiger partial charge on any atom is 0.323 e. The van der Waals surface area contributed by atoms with Crippen molar-refractivity contribution in [2.24, 2.45) is 0 Å². The molecule has 19 heavy (non-hydrogen) atoms. The van der Waals surface area contributed by atoms with E-state index in [1.165, 1.54) is 12.1 Å². The lowest BCUT2D eigenvalue weighted by molar-refractivity contribution is -0.144. The zero-order valence-corrected chi connectivity index (χ0v) is 11.6. The average Bonchev–Trinajstić information content (AvgIpc) is 2.31. The van der Waals surface area contributed by atoms with Gasteiger partial charge in [-0.25, -0.2) is 4.39 Å². The predicted octanol–water partition coefficient (Wildman–Crippen LogP) is 1.36. The molecule has 4 nitrogen and oxygen atoms in total. The van der Waals surface area contributed by atoms with Crippen molar-refractivity contribution in [1.82, 2.24) is 10.2 Å². The maximum atomic E-state index is 12.8. The van der Waals surface area contributed by atoms with Gasteiger partial charge in [0, 0.05) is 19.5 Å². The highest BCUT2D eigenvalue weighted by atomic mass is 19.1. The third-order valence-electron chi connectivity index (χ3n) is 3.02. The quantitative estimate of drug-likeness (QED) is 0.784. The molecule has 0 aliphatic heterocycles. The van der Waals surface area contributed by atoms with Gasteiger partial charge in [0.25, 0.3) is 0 Å². The molecule has 0 aromatic heterocycles. The molecule has 0 bridgehead atoms. The Labute approximate surface area is 113 Å². The molecule has 0 aliphatic rings. The molecule has 1 aromatic carbocycles. The minimum atomic E-state index is -1.05. The molecule has 1 unspecified atom stereocenters. The Bertz CT molecular complexity index is 420. The Morgan fingerprint density at radius 1 is 1.37 bits per heavy atom. The lowest BCUT2D eigenvalue weighted by atomic mass is 9.93. The van der Waals surface area contributed by atoms with E-state index in [9.17, 15) is 14.3 Å². The zero-order chi connectivity index (χ0) is 14.5. The molecule has 106 valence electrons. The SMILES string of the molecule is CN(C)CCNC(C)(Cc1ccc(F)cc1)C(=O)O. The molecule has 0 aliphatic carbocycles. The summed E-state index contributed by atoms with van der Waals surface area (Å²) >= 11 is 0. The summed E-state index contributed by atoms with van der Waals surface area (Å²) in [5.74, 6) is -1.23. The lowest BCUT2D eigenvalue weighted by Gasteiger charge is -2.27. The summed E-state index contributed by atoms with van der Waals surface area (Å²) in [5.41, 5.74) is -0.253. The van der Waals surface area contributed by atoms with Gasteiger partial charge in [0.2, 0.25) is 0 Å². The number of aliphatic carboxylic acids is 1. The van der Waals surface area contributed by atoms with E-state index in [1.54, 1.807) is 19.1 Å². The Hall–Kier alpha value is -1.46. The van der Waals surface area contributed by atoms with Crippen LogP contribution in [0.3, 0.4) is 0 Å². The lowest BCUT2D eigenvalue weighted by Crippen LogP contribution is -2.52. The van der Waals surface area contributed by atoms with Crippen molar-refractivity contribution in [2.45, 2.75) is 18.9 Å². The van der Waals surface area contributed by atoms with Gasteiger partial charge in [-0.15, -0.1) is 0 Å². The standard InChI is InChI=1S/C14H21FN2O2/c1-14(13(18)19,16-8-9-17(2)3)10-11-4-6-12(15)7-5-11/h4-7,16H,8-10H2,1-3H3,(H,18,19). The molecular formula is C14H21FN2O2. The van der Waals surface area contributed by atoms with Crippen LogP contribution in [0.2, 0.25) is 0 Å². The van der Waals surface area contributed by atoms with E-state index < -0.39 is 11.5 Å². The molecule has 1 rings (SSSR count). The monoisotopic (exact) mass is 268 g/mol. The molecule has 0 spiro atoms. The fraction of sp³-hybridized carbons (Fsp3) is 0.500. The van der Waals surface area contributed by atoms with Gasteiger partial charge >= 0.3 is 5.97 Å². The number of halogens is 1. The number of benzene rings is 1. The molecule has 0 amide bonds. The first-order chi connectivity index (χ1) is 8.83. The van der Waals surface area contributed by atoms with Crippen molar-refractivity contribution in [2.75, 3.05) is 27.2 Å². The number of likely N-dealkylation sites (N-methyl/N-ethyl adjacent to an activating group) is 1. The normalized spacial score (nSPS) is 14.4. The van der Waals surface area contributed by atoms with Crippen molar-refractivity contribution >= 4 is 5.97 Å². The summed E-state index contributed by atoms with van der Waals surface area (Å²) in [5, 5.41) is 12.4. The molecular weight excluding hydrogens is 247 g/mol. The minimum Gasteiger partial charge on any atom is -0.480 e. The van der Waals surface area contributed by atoms with E-state index in [0.717, 1.165) is 12.1 Å². The van der Waals surface area contributed by atoms with Gasteiger partial charge in [-0.2, -0.15) is 0 Å². The Morgan fingerprint density at radius 2 is 1.95 bits per heavy atom. The van der Waals surface area contributed by atoms with Crippen molar-refractivity contribution in [3.05, 3.63) is 35.6 Å². The molecule has 0 radical (unpaired) electrons. The summed E-state index contributed by atoms with van der Waals surface area (Å²) in [6, 6.07) is 5.92. The minimum absolute atomic E-state index is 0.316. The van der Waals surface area contributed by atoms with E-state index in [2.05, 4.69) is 5.32 Å². The van der Waals surface area contributed by atoms with Crippen molar-refractivity contribution in [3.63, 3.8) is 0 Å². The third-order valence-corrected chi connectivity index (χ3v) is 3.02. The predicted molar refractivity (Wildman–Crippen MR) is 72.7 cm³/mol. The molecule has 0 saturated heterocycles. The molecule has 1 aromatic rings. The highest BCUT2D eigenvalue weighted by Crippen LogP contribution is 2.14. The van der Waals surface area contributed by atoms with Gasteiger partial charge in [-0.3, -0.25) is 4.79 Å². The fourth-order valence-corrected chi connectivity index (χ4v) is 1.78. The van der Waals surface area contributed by atoms with Gasteiger partial charge in [0.1, 0.15) is 11.4 Å². The van der Waals surface area contributed by atoms with E-state index in [0.29, 0.717) is 13.0 Å². The molecule has 5 heteroatoms. The highest BCUT2D eigenvalue weighted by Gasteiger charge is 2.32. The molecule has 0 heterocycles. The van der Waals surface area contributed by atoms with E-state index in [1.807, 2.05) is 19.0 Å². The Balaban J connectivity index is 2.70. The molecule has 0 fully saturated rings. The molecule has 1 atom stereocenters. The second-order valence-corrected chi connectivity index (χ2v) is 5.17. The van der Waals surface area contributed by atoms with Crippen LogP contribution in [0.1, 0.15) is 12.5 Å². The second-order valence-electron chi connectivity index (χ2n) is 5.17. The topological polar surface area (TPSA) is 52.6 Å². The number of rotatable bonds is 7. The first kappa shape index (κ1) is 15.6. The first-order valence-corrected chi connectivity index (χ1v) is 6.21. The number of carboxylic acid groups (broad SMARTS) is 1. The van der Waals surface area contributed by atoms with Gasteiger partial charge in [0.15, 0.2) is 0 Å². The smallest absolute Gasteiger partial charge is 0.323 e. The number of hydrogen-bond acceptors (Lipinski definition) is 3. The largest absolute Gasteiger partial charge is 0.480 e. The summed E-state index contributed by atoms with van der Waals surface area (Å²) in [6.45, 7) is 2.98. The van der Waals surface area contributed by atoms with E-state index in [4.69, 9.17) is 0 Å². The molecule has 0 saturated carbocycles. The van der Waals surface area contributed by atoms with Crippen LogP contribution in [0.25, 0.3) is 0 Å². The summed E-state index contributed by atoms with van der Waals surface area (Å²) in [4.78, 5) is 13.4. The van der Waals surface area contributed by atoms with Crippen LogP contribution in [0.5, 0.6) is 0 Å². The Morgan fingerprint density at radius 3 is 2.42 bits per heavy atom. The van der Waals surface area contributed by atoms with Crippen LogP contribution in [0.15, 0.2) is 24.3 Å². The number of nitrogens with one attached hydrogen (secondary N) is 1. The van der Waals surface area contributed by atoms with E-state index >= 15 is 0 Å². The van der Waals surface area contributed by atoms with Gasteiger partial charge in [-0.1, -0.05) is 12.1 Å². The highest BCUT2D eigenvalue weighted by molar-refractivity contribution is 5.78. The van der Waals surface area contributed by atoms with Crippen LogP contribution in [-0.2, 0) is 11.2 Å². The maximum absolute atomic E-state index is 12.8. The molecule has 2 N–H and O–H groups in total. The fourth-order valence-electron chi connectivity index (χ4n) is 1.78. The summed E-state index contributed by atoms with van der Waals surface area (Å²) in [6.07, 6.45) is 0.316. The van der Waals surface area contributed by atoms with Crippen LogP contribution in [0, 0.1) is 5.82 Å². The van der Waals surface area contributed by atoms with Crippen molar-refractivity contribution in [1.29, 1.82) is 0 Å². The number of hydrogen-bond donors (Lipinski definition) is 2. The zero-order valence-electron chi connectivity index (χ0n) is 11.6. The number of carbonyl (C=O) groups is 1.